The van der Waals surface area contributed by atoms with E-state index in [4.69, 9.17) is 15.2 Å². The minimum atomic E-state index is -4.81. The Balaban J connectivity index is 2.40. The molecule has 164 valence electrons. The number of halogens is 3. The van der Waals surface area contributed by atoms with E-state index in [1.165, 1.54) is 37.5 Å². The third kappa shape index (κ3) is 6.25. The molecule has 2 N–H and O–H groups in total. The molecule has 2 rings (SSSR count). The van der Waals surface area contributed by atoms with Gasteiger partial charge in [0.1, 0.15) is 5.75 Å². The van der Waals surface area contributed by atoms with Crippen molar-refractivity contribution in [1.82, 2.24) is 0 Å². The Morgan fingerprint density at radius 1 is 1.06 bits per heavy atom. The van der Waals surface area contributed by atoms with Gasteiger partial charge in [-0.2, -0.15) is 13.2 Å². The Hall–Kier alpha value is -3.47. The van der Waals surface area contributed by atoms with Crippen molar-refractivity contribution in [3.05, 3.63) is 58.0 Å². The number of hydrogen-bond acceptors (Lipinski definition) is 7. The first-order chi connectivity index (χ1) is 14.6. The van der Waals surface area contributed by atoms with Gasteiger partial charge in [0.25, 0.3) is 5.24 Å². The lowest BCUT2D eigenvalue weighted by Gasteiger charge is -2.15. The quantitative estimate of drug-likeness (QED) is 0.368. The summed E-state index contributed by atoms with van der Waals surface area (Å²) >= 11 is 0.540. The molecule has 31 heavy (non-hydrogen) atoms. The van der Waals surface area contributed by atoms with Crippen molar-refractivity contribution in [2.45, 2.75) is 6.18 Å². The number of benzene rings is 2. The molecule has 0 saturated heterocycles. The summed E-state index contributed by atoms with van der Waals surface area (Å²) in [7, 11) is 2.29. The summed E-state index contributed by atoms with van der Waals surface area (Å²) in [5.74, 6) is -1.10. The maximum atomic E-state index is 13.3. The van der Waals surface area contributed by atoms with E-state index in [0.29, 0.717) is 29.7 Å². The van der Waals surface area contributed by atoms with Crippen molar-refractivity contribution >= 4 is 35.3 Å². The lowest BCUT2D eigenvalue weighted by atomic mass is 10.1. The van der Waals surface area contributed by atoms with Gasteiger partial charge in [0.2, 0.25) is 0 Å². The first-order valence-electron chi connectivity index (χ1n) is 8.38. The lowest BCUT2D eigenvalue weighted by molar-refractivity contribution is -0.138. The molecule has 0 aromatic heterocycles. The van der Waals surface area contributed by atoms with Gasteiger partial charge >= 0.3 is 12.1 Å². The van der Waals surface area contributed by atoms with Crippen molar-refractivity contribution in [2.75, 3.05) is 14.2 Å². The summed E-state index contributed by atoms with van der Waals surface area (Å²) in [6.07, 6.45) is -2.99. The number of methoxy groups -OCH3 is 2. The molecule has 0 unspecified atom stereocenters. The van der Waals surface area contributed by atoms with Crippen LogP contribution < -0.4 is 15.2 Å². The molecule has 0 aliphatic heterocycles. The van der Waals surface area contributed by atoms with Crippen molar-refractivity contribution in [3.8, 4) is 17.2 Å². The molecule has 0 bridgehead atoms. The second-order valence-electron chi connectivity index (χ2n) is 5.79. The van der Waals surface area contributed by atoms with E-state index in [2.05, 4.69) is 4.74 Å². The number of thioether (sulfide) groups is 1. The topological polar surface area (TPSA) is 105 Å². The monoisotopic (exact) mass is 455 g/mol. The number of alkyl halides is 3. The number of hydrogen-bond donors (Lipinski definition) is 1. The largest absolute Gasteiger partial charge is 0.493 e. The van der Waals surface area contributed by atoms with Gasteiger partial charge < -0.3 is 19.9 Å². The van der Waals surface area contributed by atoms with Gasteiger partial charge in [-0.25, -0.2) is 4.79 Å². The van der Waals surface area contributed by atoms with Gasteiger partial charge in [-0.15, -0.1) is 0 Å². The number of allylic oxidation sites excluding steroid dienone is 1. The van der Waals surface area contributed by atoms with Gasteiger partial charge in [0, 0.05) is 0 Å². The summed E-state index contributed by atoms with van der Waals surface area (Å²) in [6.45, 7) is 0. The third-order valence-electron chi connectivity index (χ3n) is 3.76. The van der Waals surface area contributed by atoms with Crippen LogP contribution in [0.15, 0.2) is 41.3 Å². The predicted molar refractivity (Wildman–Crippen MR) is 107 cm³/mol. The zero-order chi connectivity index (χ0) is 23.2. The number of carbonyl (C=O) groups is 3. The zero-order valence-corrected chi connectivity index (χ0v) is 17.0. The molecule has 0 saturated carbocycles. The number of primary amides is 1. The van der Waals surface area contributed by atoms with Crippen LogP contribution in [0.5, 0.6) is 17.2 Å². The van der Waals surface area contributed by atoms with Gasteiger partial charge in [-0.05, 0) is 53.7 Å². The number of esters is 1. The van der Waals surface area contributed by atoms with Gasteiger partial charge in [-0.3, -0.25) is 9.59 Å². The molecule has 0 fully saturated rings. The van der Waals surface area contributed by atoms with E-state index in [1.54, 1.807) is 0 Å². The molecule has 2 aromatic rings. The van der Waals surface area contributed by atoms with Crippen molar-refractivity contribution < 1.29 is 41.8 Å². The maximum Gasteiger partial charge on any atom is 0.417 e. The fourth-order valence-corrected chi connectivity index (χ4v) is 2.94. The number of ether oxygens (including phenoxy) is 3. The molecule has 11 heteroatoms. The van der Waals surface area contributed by atoms with Crippen molar-refractivity contribution in [1.29, 1.82) is 0 Å². The minimum absolute atomic E-state index is 0.0523. The second kappa shape index (κ2) is 10.0. The van der Waals surface area contributed by atoms with Gasteiger partial charge in [-0.1, -0.05) is 6.07 Å². The average molecular weight is 455 g/mol. The minimum Gasteiger partial charge on any atom is -0.493 e. The third-order valence-corrected chi connectivity index (χ3v) is 4.41. The van der Waals surface area contributed by atoms with Crippen LogP contribution in [0.25, 0.3) is 6.08 Å². The summed E-state index contributed by atoms with van der Waals surface area (Å²) in [6, 6.07) is 7.16. The van der Waals surface area contributed by atoms with Crippen LogP contribution in [-0.4, -0.2) is 31.7 Å². The number of aldehydes is 1. The Kier molecular flexibility index (Phi) is 7.70. The summed E-state index contributed by atoms with van der Waals surface area (Å²) in [5.41, 5.74) is 3.63. The van der Waals surface area contributed by atoms with Crippen LogP contribution >= 0.6 is 11.8 Å². The standard InChI is InChI=1S/C20H16F3NO6S/c1-28-17-8-11(7-13(10-25)31-19(24)27)3-6-16(17)30-12-4-5-14(18(26)29-2)15(9-12)20(21,22)23/h3-10H,1-2H3,(H2,24,27)/b13-7-. The van der Waals surface area contributed by atoms with E-state index in [0.717, 1.165) is 13.2 Å². The highest BCUT2D eigenvalue weighted by Crippen LogP contribution is 2.38. The summed E-state index contributed by atoms with van der Waals surface area (Å²) in [4.78, 5) is 33.7. The molecular weight excluding hydrogens is 439 g/mol. The number of carbonyl (C=O) groups excluding carboxylic acids is 3. The van der Waals surface area contributed by atoms with Gasteiger partial charge in [0.15, 0.2) is 17.8 Å². The fraction of sp³-hybridized carbons (Fsp3) is 0.150. The Morgan fingerprint density at radius 2 is 1.77 bits per heavy atom. The zero-order valence-electron chi connectivity index (χ0n) is 16.2. The molecule has 0 radical (unpaired) electrons. The molecule has 1 amide bonds. The second-order valence-corrected chi connectivity index (χ2v) is 6.87. The maximum absolute atomic E-state index is 13.3. The Bertz CT molecular complexity index is 1040. The number of nitrogens with two attached hydrogens (primary N) is 1. The average Bonchev–Trinajstić information content (AvgIpc) is 2.72. The molecule has 0 aliphatic carbocycles. The van der Waals surface area contributed by atoms with E-state index in [9.17, 15) is 27.6 Å². The molecule has 0 spiro atoms. The first-order valence-corrected chi connectivity index (χ1v) is 9.20. The number of amides is 1. The molecule has 0 atom stereocenters. The molecule has 7 nitrogen and oxygen atoms in total. The highest BCUT2D eigenvalue weighted by molar-refractivity contribution is 8.17. The predicted octanol–water partition coefficient (Wildman–Crippen LogP) is 4.64. The van der Waals surface area contributed by atoms with E-state index < -0.39 is 28.5 Å². The SMILES string of the molecule is COC(=O)c1ccc(Oc2ccc(/C=C(/C=O)SC(N)=O)cc2OC)cc1C(F)(F)F. The molecular formula is C20H16F3NO6S. The Labute approximate surface area is 179 Å². The van der Waals surface area contributed by atoms with Gasteiger partial charge in [0.05, 0.1) is 30.3 Å². The normalized spacial score (nSPS) is 11.6. The van der Waals surface area contributed by atoms with Crippen LogP contribution in [0.2, 0.25) is 0 Å². The van der Waals surface area contributed by atoms with Crippen LogP contribution in [0.3, 0.4) is 0 Å². The smallest absolute Gasteiger partial charge is 0.417 e. The fourth-order valence-electron chi connectivity index (χ4n) is 2.46. The van der Waals surface area contributed by atoms with E-state index in [1.807, 2.05) is 0 Å². The lowest BCUT2D eigenvalue weighted by Crippen LogP contribution is -2.14. The highest BCUT2D eigenvalue weighted by Gasteiger charge is 2.36. The molecule has 0 aliphatic rings. The van der Waals surface area contributed by atoms with Crippen LogP contribution in [-0.2, 0) is 15.7 Å². The summed E-state index contributed by atoms with van der Waals surface area (Å²) in [5, 5.41) is -0.763. The summed E-state index contributed by atoms with van der Waals surface area (Å²) < 4.78 is 55.1. The molecule has 2 aromatic carbocycles. The van der Waals surface area contributed by atoms with Crippen LogP contribution in [0.1, 0.15) is 21.5 Å². The van der Waals surface area contributed by atoms with Crippen molar-refractivity contribution in [2.24, 2.45) is 5.73 Å². The van der Waals surface area contributed by atoms with E-state index in [-0.39, 0.29) is 22.2 Å². The first kappa shape index (κ1) is 23.8. The van der Waals surface area contributed by atoms with E-state index >= 15 is 0 Å². The van der Waals surface area contributed by atoms with Crippen LogP contribution in [0.4, 0.5) is 18.0 Å². The van der Waals surface area contributed by atoms with Crippen molar-refractivity contribution in [3.63, 3.8) is 0 Å². The Morgan fingerprint density at radius 3 is 2.32 bits per heavy atom. The molecule has 0 heterocycles. The highest BCUT2D eigenvalue weighted by atomic mass is 32.2. The number of rotatable bonds is 7. The van der Waals surface area contributed by atoms with Crippen LogP contribution in [0, 0.1) is 0 Å².